The molecule has 0 saturated carbocycles. The predicted molar refractivity (Wildman–Crippen MR) is 56.2 cm³/mol. The molecule has 2 rings (SSSR count). The van der Waals surface area contributed by atoms with Crippen molar-refractivity contribution in [1.29, 1.82) is 0 Å². The summed E-state index contributed by atoms with van der Waals surface area (Å²) in [5.74, 6) is 3.44. The van der Waals surface area contributed by atoms with Gasteiger partial charge in [-0.05, 0) is 37.3 Å². The van der Waals surface area contributed by atoms with E-state index in [4.69, 9.17) is 0 Å². The molecule has 0 amide bonds. The zero-order valence-corrected chi connectivity index (χ0v) is 9.14. The number of aromatic nitrogens is 2. The summed E-state index contributed by atoms with van der Waals surface area (Å²) in [6, 6.07) is 0. The zero-order valence-electron chi connectivity index (χ0n) is 8.32. The van der Waals surface area contributed by atoms with E-state index in [1.807, 2.05) is 18.7 Å². The van der Waals surface area contributed by atoms with E-state index in [-0.39, 0.29) is 0 Å². The average molecular weight is 213 g/mol. The third-order valence-electron chi connectivity index (χ3n) is 2.50. The number of aryl methyl sites for hydroxylation is 1. The lowest BCUT2D eigenvalue weighted by atomic mass is 10.1. The molecule has 5 heteroatoms. The van der Waals surface area contributed by atoms with Gasteiger partial charge in [0.1, 0.15) is 11.4 Å². The molecule has 2 heterocycles. The van der Waals surface area contributed by atoms with Gasteiger partial charge in [0.05, 0.1) is 0 Å². The van der Waals surface area contributed by atoms with E-state index in [1.165, 1.54) is 17.9 Å². The molecule has 0 aliphatic carbocycles. The van der Waals surface area contributed by atoms with Crippen LogP contribution in [-0.2, 0) is 6.54 Å². The summed E-state index contributed by atoms with van der Waals surface area (Å²) in [5, 5.41) is 11.0. The minimum atomic E-state index is 0.774. The molecule has 1 fully saturated rings. The first-order valence-corrected chi connectivity index (χ1v) is 6.08. The van der Waals surface area contributed by atoms with Crippen LogP contribution in [0.3, 0.4) is 0 Å². The number of hydrogen-bond acceptors (Lipinski definition) is 5. The van der Waals surface area contributed by atoms with Crippen LogP contribution in [0.15, 0.2) is 4.63 Å². The molecular weight excluding hydrogens is 198 g/mol. The van der Waals surface area contributed by atoms with Gasteiger partial charge in [-0.2, -0.15) is 11.8 Å². The van der Waals surface area contributed by atoms with Crippen LogP contribution in [0.1, 0.15) is 17.8 Å². The molecule has 4 nitrogen and oxygen atoms in total. The maximum atomic E-state index is 4.62. The van der Waals surface area contributed by atoms with Crippen molar-refractivity contribution in [3.63, 3.8) is 0 Å². The Morgan fingerprint density at radius 3 is 3.14 bits per heavy atom. The maximum absolute atomic E-state index is 4.62. The van der Waals surface area contributed by atoms with E-state index in [0.717, 1.165) is 30.4 Å². The Morgan fingerprint density at radius 2 is 2.50 bits per heavy atom. The third-order valence-corrected chi connectivity index (χ3v) is 3.73. The molecule has 1 saturated heterocycles. The Hall–Kier alpha value is -0.550. The minimum Gasteiger partial charge on any atom is -0.311 e. The van der Waals surface area contributed by atoms with Crippen molar-refractivity contribution in [2.24, 2.45) is 5.92 Å². The highest BCUT2D eigenvalue weighted by molar-refractivity contribution is 7.99. The fourth-order valence-electron chi connectivity index (χ4n) is 1.55. The van der Waals surface area contributed by atoms with Gasteiger partial charge < -0.3 is 5.32 Å². The fourth-order valence-corrected chi connectivity index (χ4v) is 2.83. The first-order chi connectivity index (χ1) is 6.86. The number of rotatable bonds is 4. The molecular formula is C9H15N3OS. The molecule has 1 aliphatic heterocycles. The van der Waals surface area contributed by atoms with E-state index in [9.17, 15) is 0 Å². The minimum absolute atomic E-state index is 0.774. The van der Waals surface area contributed by atoms with Gasteiger partial charge >= 0.3 is 0 Å². The SMILES string of the molecule is Cc1nonc1CNCC1CCSC1. The summed E-state index contributed by atoms with van der Waals surface area (Å²) in [4.78, 5) is 0. The Balaban J connectivity index is 1.70. The van der Waals surface area contributed by atoms with Crippen molar-refractivity contribution in [3.05, 3.63) is 11.4 Å². The highest BCUT2D eigenvalue weighted by Crippen LogP contribution is 2.22. The third kappa shape index (κ3) is 2.48. The van der Waals surface area contributed by atoms with Gasteiger partial charge in [-0.3, -0.25) is 0 Å². The smallest absolute Gasteiger partial charge is 0.121 e. The molecule has 1 aliphatic rings. The van der Waals surface area contributed by atoms with Crippen LogP contribution in [0, 0.1) is 12.8 Å². The normalized spacial score (nSPS) is 21.6. The second-order valence-electron chi connectivity index (χ2n) is 3.66. The van der Waals surface area contributed by atoms with Crippen molar-refractivity contribution in [3.8, 4) is 0 Å². The summed E-state index contributed by atoms with van der Waals surface area (Å²) >= 11 is 2.05. The monoisotopic (exact) mass is 213 g/mol. The van der Waals surface area contributed by atoms with Crippen LogP contribution in [0.4, 0.5) is 0 Å². The molecule has 14 heavy (non-hydrogen) atoms. The van der Waals surface area contributed by atoms with Crippen molar-refractivity contribution in [1.82, 2.24) is 15.6 Å². The quantitative estimate of drug-likeness (QED) is 0.815. The molecule has 1 atom stereocenters. The topological polar surface area (TPSA) is 51.0 Å². The molecule has 1 aromatic rings. The van der Waals surface area contributed by atoms with Gasteiger partial charge in [-0.15, -0.1) is 0 Å². The van der Waals surface area contributed by atoms with Gasteiger partial charge in [-0.1, -0.05) is 10.3 Å². The van der Waals surface area contributed by atoms with E-state index < -0.39 is 0 Å². The summed E-state index contributed by atoms with van der Waals surface area (Å²) < 4.78 is 4.62. The Bertz CT molecular complexity index is 283. The van der Waals surface area contributed by atoms with Gasteiger partial charge in [0.15, 0.2) is 0 Å². The first-order valence-electron chi connectivity index (χ1n) is 4.93. The summed E-state index contributed by atoms with van der Waals surface area (Å²) in [6.45, 7) is 3.77. The van der Waals surface area contributed by atoms with E-state index in [0.29, 0.717) is 0 Å². The summed E-state index contributed by atoms with van der Waals surface area (Å²) in [6.07, 6.45) is 1.34. The van der Waals surface area contributed by atoms with Gasteiger partial charge in [0, 0.05) is 6.54 Å². The first kappa shape index (κ1) is 9.98. The van der Waals surface area contributed by atoms with Crippen LogP contribution in [0.5, 0.6) is 0 Å². The lowest BCUT2D eigenvalue weighted by molar-refractivity contribution is 0.300. The van der Waals surface area contributed by atoms with Crippen LogP contribution in [-0.4, -0.2) is 28.4 Å². The van der Waals surface area contributed by atoms with E-state index in [1.54, 1.807) is 0 Å². The number of nitrogens with zero attached hydrogens (tertiary/aromatic N) is 2. The number of nitrogens with one attached hydrogen (secondary N) is 1. The molecule has 0 bridgehead atoms. The molecule has 0 radical (unpaired) electrons. The summed E-state index contributed by atoms with van der Waals surface area (Å²) in [5.41, 5.74) is 1.81. The van der Waals surface area contributed by atoms with Gasteiger partial charge in [0.25, 0.3) is 0 Å². The fraction of sp³-hybridized carbons (Fsp3) is 0.778. The standard InChI is InChI=1S/C9H15N3OS/c1-7-9(12-13-11-7)5-10-4-8-2-3-14-6-8/h8,10H,2-6H2,1H3. The highest BCUT2D eigenvalue weighted by Gasteiger charge is 2.15. The highest BCUT2D eigenvalue weighted by atomic mass is 32.2. The van der Waals surface area contributed by atoms with Crippen LogP contribution in [0.25, 0.3) is 0 Å². The van der Waals surface area contributed by atoms with Crippen molar-refractivity contribution in [2.75, 3.05) is 18.1 Å². The second-order valence-corrected chi connectivity index (χ2v) is 4.81. The lowest BCUT2D eigenvalue weighted by Gasteiger charge is -2.08. The molecule has 1 N–H and O–H groups in total. The van der Waals surface area contributed by atoms with Gasteiger partial charge in [0.2, 0.25) is 0 Å². The summed E-state index contributed by atoms with van der Waals surface area (Å²) in [7, 11) is 0. The lowest BCUT2D eigenvalue weighted by Crippen LogP contribution is -2.22. The second kappa shape index (κ2) is 4.79. The molecule has 1 aromatic heterocycles. The Morgan fingerprint density at radius 1 is 1.57 bits per heavy atom. The van der Waals surface area contributed by atoms with Crippen molar-refractivity contribution in [2.45, 2.75) is 19.9 Å². The predicted octanol–water partition coefficient (Wildman–Crippen LogP) is 1.22. The molecule has 0 aromatic carbocycles. The number of hydrogen-bond donors (Lipinski definition) is 1. The molecule has 0 spiro atoms. The maximum Gasteiger partial charge on any atom is 0.121 e. The molecule has 1 unspecified atom stereocenters. The number of thioether (sulfide) groups is 1. The van der Waals surface area contributed by atoms with E-state index in [2.05, 4.69) is 20.3 Å². The van der Waals surface area contributed by atoms with E-state index >= 15 is 0 Å². The van der Waals surface area contributed by atoms with Crippen molar-refractivity contribution < 1.29 is 4.63 Å². The van der Waals surface area contributed by atoms with Gasteiger partial charge in [-0.25, -0.2) is 4.63 Å². The average Bonchev–Trinajstić information content (AvgIpc) is 2.78. The van der Waals surface area contributed by atoms with Crippen LogP contribution < -0.4 is 5.32 Å². The Labute approximate surface area is 87.8 Å². The van der Waals surface area contributed by atoms with Crippen LogP contribution in [0.2, 0.25) is 0 Å². The largest absolute Gasteiger partial charge is 0.311 e. The van der Waals surface area contributed by atoms with Crippen molar-refractivity contribution >= 4 is 11.8 Å². The zero-order chi connectivity index (χ0) is 9.80. The van der Waals surface area contributed by atoms with Crippen LogP contribution >= 0.6 is 11.8 Å². The molecule has 78 valence electrons. The Kier molecular flexibility index (Phi) is 3.42.